The molecule has 0 aliphatic rings. The Bertz CT molecular complexity index is 807. The van der Waals surface area contributed by atoms with E-state index >= 15 is 0 Å². The number of nitrogens with zero attached hydrogens (tertiary/aromatic N) is 3. The summed E-state index contributed by atoms with van der Waals surface area (Å²) in [6.07, 6.45) is 0. The maximum Gasteiger partial charge on any atom is 0.271 e. The highest BCUT2D eigenvalue weighted by Gasteiger charge is 2.12. The number of H-pyrrole nitrogens is 1. The SMILES string of the molecule is Cc1ccc(-c2cc(C(=O)NCCSc3nnc(C)s3)n[nH]2)s1. The highest BCUT2D eigenvalue weighted by atomic mass is 32.2. The van der Waals surface area contributed by atoms with Crippen molar-refractivity contribution in [2.45, 2.75) is 18.2 Å². The number of aromatic amines is 1. The van der Waals surface area contributed by atoms with Crippen molar-refractivity contribution in [2.75, 3.05) is 12.3 Å². The van der Waals surface area contributed by atoms with Gasteiger partial charge in [0.25, 0.3) is 5.91 Å². The average molecular weight is 366 g/mol. The van der Waals surface area contributed by atoms with E-state index in [-0.39, 0.29) is 5.91 Å². The smallest absolute Gasteiger partial charge is 0.271 e. The van der Waals surface area contributed by atoms with E-state index in [0.717, 1.165) is 25.7 Å². The van der Waals surface area contributed by atoms with E-state index in [2.05, 4.69) is 32.6 Å². The molecule has 3 heterocycles. The Hall–Kier alpha value is -1.71. The van der Waals surface area contributed by atoms with Gasteiger partial charge in [0.15, 0.2) is 10.0 Å². The Morgan fingerprint density at radius 3 is 2.87 bits per heavy atom. The average Bonchev–Trinajstić information content (AvgIpc) is 3.24. The Kier molecular flexibility index (Phi) is 5.09. The summed E-state index contributed by atoms with van der Waals surface area (Å²) in [4.78, 5) is 14.4. The minimum Gasteiger partial charge on any atom is -0.350 e. The van der Waals surface area contributed by atoms with Crippen molar-refractivity contribution >= 4 is 40.3 Å². The summed E-state index contributed by atoms with van der Waals surface area (Å²) in [5, 5.41) is 18.8. The van der Waals surface area contributed by atoms with E-state index in [4.69, 9.17) is 0 Å². The number of carbonyl (C=O) groups is 1. The molecule has 23 heavy (non-hydrogen) atoms. The van der Waals surface area contributed by atoms with Gasteiger partial charge in [0.2, 0.25) is 0 Å². The molecule has 3 rings (SSSR count). The van der Waals surface area contributed by atoms with Crippen LogP contribution in [0.1, 0.15) is 20.4 Å². The van der Waals surface area contributed by atoms with Crippen LogP contribution in [0.3, 0.4) is 0 Å². The molecule has 0 aliphatic carbocycles. The van der Waals surface area contributed by atoms with E-state index in [9.17, 15) is 4.79 Å². The molecule has 0 atom stereocenters. The first kappa shape index (κ1) is 16.2. The van der Waals surface area contributed by atoms with Gasteiger partial charge in [-0.15, -0.1) is 21.5 Å². The van der Waals surface area contributed by atoms with Gasteiger partial charge in [-0.25, -0.2) is 0 Å². The van der Waals surface area contributed by atoms with Gasteiger partial charge < -0.3 is 5.32 Å². The molecule has 2 N–H and O–H groups in total. The number of amides is 1. The molecule has 0 unspecified atom stereocenters. The van der Waals surface area contributed by atoms with Crippen molar-refractivity contribution in [2.24, 2.45) is 0 Å². The summed E-state index contributed by atoms with van der Waals surface area (Å²) >= 11 is 4.81. The lowest BCUT2D eigenvalue weighted by Crippen LogP contribution is -2.26. The van der Waals surface area contributed by atoms with Crippen LogP contribution >= 0.6 is 34.4 Å². The van der Waals surface area contributed by atoms with Gasteiger partial charge in [-0.05, 0) is 32.0 Å². The minimum absolute atomic E-state index is 0.171. The first-order valence-corrected chi connectivity index (χ1v) is 9.57. The number of rotatable bonds is 6. The summed E-state index contributed by atoms with van der Waals surface area (Å²) in [7, 11) is 0. The Balaban J connectivity index is 1.49. The summed E-state index contributed by atoms with van der Waals surface area (Å²) in [6, 6.07) is 5.85. The van der Waals surface area contributed by atoms with Gasteiger partial charge in [-0.3, -0.25) is 9.89 Å². The summed E-state index contributed by atoms with van der Waals surface area (Å²) in [5.74, 6) is 0.580. The van der Waals surface area contributed by atoms with Crippen molar-refractivity contribution in [3.8, 4) is 10.6 Å². The van der Waals surface area contributed by atoms with E-state index < -0.39 is 0 Å². The number of aryl methyl sites for hydroxylation is 2. The van der Waals surface area contributed by atoms with Crippen molar-refractivity contribution in [1.82, 2.24) is 25.7 Å². The quantitative estimate of drug-likeness (QED) is 0.518. The monoisotopic (exact) mass is 365 g/mol. The standard InChI is InChI=1S/C14H15N5OS3/c1-8-3-4-12(22-8)10-7-11(18-17-10)13(20)15-5-6-21-14-19-16-9(2)23-14/h3-4,7H,5-6H2,1-2H3,(H,15,20)(H,17,18). The van der Waals surface area contributed by atoms with Crippen LogP contribution in [0.25, 0.3) is 10.6 Å². The van der Waals surface area contributed by atoms with Gasteiger partial charge in [0.05, 0.1) is 10.6 Å². The van der Waals surface area contributed by atoms with Crippen molar-refractivity contribution in [3.05, 3.63) is 33.8 Å². The molecule has 0 aromatic carbocycles. The van der Waals surface area contributed by atoms with E-state index in [1.165, 1.54) is 4.88 Å². The molecule has 3 aromatic heterocycles. The van der Waals surface area contributed by atoms with Crippen molar-refractivity contribution < 1.29 is 4.79 Å². The molecular formula is C14H15N5OS3. The molecule has 3 aromatic rings. The van der Waals surface area contributed by atoms with E-state index in [0.29, 0.717) is 12.2 Å². The number of thioether (sulfide) groups is 1. The van der Waals surface area contributed by atoms with Crippen LogP contribution in [0.4, 0.5) is 0 Å². The number of hydrogen-bond acceptors (Lipinski definition) is 7. The number of nitrogens with one attached hydrogen (secondary N) is 2. The van der Waals surface area contributed by atoms with E-state index in [1.54, 1.807) is 40.5 Å². The molecule has 9 heteroatoms. The molecule has 0 saturated heterocycles. The van der Waals surface area contributed by atoms with Crippen LogP contribution in [0.5, 0.6) is 0 Å². The minimum atomic E-state index is -0.171. The normalized spacial score (nSPS) is 10.9. The van der Waals surface area contributed by atoms with Crippen molar-refractivity contribution in [3.63, 3.8) is 0 Å². The fourth-order valence-corrected chi connectivity index (χ4v) is 4.45. The molecule has 0 aliphatic heterocycles. The number of thiophene rings is 1. The lowest BCUT2D eigenvalue weighted by molar-refractivity contribution is 0.0951. The lowest BCUT2D eigenvalue weighted by atomic mass is 10.3. The molecular weight excluding hydrogens is 350 g/mol. The highest BCUT2D eigenvalue weighted by Crippen LogP contribution is 2.26. The fraction of sp³-hybridized carbons (Fsp3) is 0.286. The topological polar surface area (TPSA) is 83.6 Å². The Labute approximate surface area is 145 Å². The number of aromatic nitrogens is 4. The highest BCUT2D eigenvalue weighted by molar-refractivity contribution is 8.01. The second kappa shape index (κ2) is 7.24. The van der Waals surface area contributed by atoms with E-state index in [1.807, 2.05) is 19.1 Å². The van der Waals surface area contributed by atoms with Gasteiger partial charge in [0.1, 0.15) is 5.01 Å². The zero-order valence-corrected chi connectivity index (χ0v) is 15.1. The fourth-order valence-electron chi connectivity index (χ4n) is 1.87. The number of hydrogen-bond donors (Lipinski definition) is 2. The second-order valence-electron chi connectivity index (χ2n) is 4.77. The Morgan fingerprint density at radius 2 is 2.17 bits per heavy atom. The molecule has 0 bridgehead atoms. The van der Waals surface area contributed by atoms with Crippen LogP contribution in [0.15, 0.2) is 22.5 Å². The van der Waals surface area contributed by atoms with Gasteiger partial charge >= 0.3 is 0 Å². The molecule has 0 radical (unpaired) electrons. The van der Waals surface area contributed by atoms with Gasteiger partial charge in [-0.2, -0.15) is 5.10 Å². The largest absolute Gasteiger partial charge is 0.350 e. The van der Waals surface area contributed by atoms with Gasteiger partial charge in [-0.1, -0.05) is 23.1 Å². The van der Waals surface area contributed by atoms with Gasteiger partial charge in [0, 0.05) is 17.2 Å². The predicted octanol–water partition coefficient (Wildman–Crippen LogP) is 3.13. The maximum atomic E-state index is 12.1. The van der Waals surface area contributed by atoms with Crippen molar-refractivity contribution in [1.29, 1.82) is 0 Å². The zero-order chi connectivity index (χ0) is 16.2. The molecule has 0 spiro atoms. The zero-order valence-electron chi connectivity index (χ0n) is 12.6. The summed E-state index contributed by atoms with van der Waals surface area (Å²) in [5.41, 5.74) is 1.27. The lowest BCUT2D eigenvalue weighted by Gasteiger charge is -2.00. The second-order valence-corrected chi connectivity index (χ2v) is 8.58. The summed E-state index contributed by atoms with van der Waals surface area (Å²) < 4.78 is 0.923. The molecule has 0 fully saturated rings. The van der Waals surface area contributed by atoms with Crippen LogP contribution in [-0.4, -0.2) is 38.6 Å². The molecule has 1 amide bonds. The first-order chi connectivity index (χ1) is 11.1. The van der Waals surface area contributed by atoms with Crippen LogP contribution < -0.4 is 5.32 Å². The Morgan fingerprint density at radius 1 is 1.30 bits per heavy atom. The molecule has 0 saturated carbocycles. The molecule has 6 nitrogen and oxygen atoms in total. The first-order valence-electron chi connectivity index (χ1n) is 6.95. The predicted molar refractivity (Wildman–Crippen MR) is 94.3 cm³/mol. The maximum absolute atomic E-state index is 12.1. The van der Waals surface area contributed by atoms with Crippen LogP contribution in [-0.2, 0) is 0 Å². The van der Waals surface area contributed by atoms with Crippen LogP contribution in [0, 0.1) is 13.8 Å². The third-order valence-electron chi connectivity index (χ3n) is 2.94. The molecule has 120 valence electrons. The third kappa shape index (κ3) is 4.18. The van der Waals surface area contributed by atoms with Crippen LogP contribution in [0.2, 0.25) is 0 Å². The summed E-state index contributed by atoms with van der Waals surface area (Å²) in [6.45, 7) is 4.53. The number of carbonyl (C=O) groups excluding carboxylic acids is 1. The third-order valence-corrected chi connectivity index (χ3v) is 5.94.